The van der Waals surface area contributed by atoms with Crippen LogP contribution >= 0.6 is 0 Å². The maximum Gasteiger partial charge on any atom is -0.00201 e. The molecule has 54 heavy (non-hydrogen) atoms. The number of hydrogen-bond donors (Lipinski definition) is 0. The van der Waals surface area contributed by atoms with Crippen molar-refractivity contribution in [2.45, 2.75) is 13.8 Å². The van der Waals surface area contributed by atoms with Crippen LogP contribution in [0.2, 0.25) is 0 Å². The summed E-state index contributed by atoms with van der Waals surface area (Å²) in [7, 11) is 0. The monoisotopic (exact) mass is 686 g/mol. The molecular weight excluding hydrogens is 649 g/mol. The summed E-state index contributed by atoms with van der Waals surface area (Å²) in [5, 5.41) is 2.61. The molecule has 0 saturated carbocycles. The molecular formula is C54H38. The van der Waals surface area contributed by atoms with E-state index < -0.39 is 0 Å². The molecule has 10 rings (SSSR count). The zero-order valence-electron chi connectivity index (χ0n) is 30.5. The second kappa shape index (κ2) is 13.0. The Hall–Kier alpha value is -6.76. The molecule has 0 saturated heterocycles. The van der Waals surface area contributed by atoms with Crippen molar-refractivity contribution in [2.24, 2.45) is 0 Å². The molecule has 254 valence electrons. The van der Waals surface area contributed by atoms with Crippen LogP contribution in [0.25, 0.3) is 99.8 Å². The van der Waals surface area contributed by atoms with Gasteiger partial charge in [0.05, 0.1) is 0 Å². The summed E-state index contributed by atoms with van der Waals surface area (Å²) in [4.78, 5) is 0. The topological polar surface area (TPSA) is 0 Å². The maximum absolute atomic E-state index is 2.45. The average molecular weight is 687 g/mol. The van der Waals surface area contributed by atoms with Crippen molar-refractivity contribution >= 4 is 10.8 Å². The first-order valence-corrected chi connectivity index (χ1v) is 18.8. The van der Waals surface area contributed by atoms with E-state index in [4.69, 9.17) is 0 Å². The van der Waals surface area contributed by atoms with Crippen LogP contribution in [0.3, 0.4) is 0 Å². The van der Waals surface area contributed by atoms with Crippen LogP contribution in [-0.4, -0.2) is 0 Å². The number of aryl methyl sites for hydroxylation is 2. The minimum atomic E-state index is 1.23. The number of fused-ring (bicyclic) bond motifs is 3. The van der Waals surface area contributed by atoms with Gasteiger partial charge in [-0.25, -0.2) is 0 Å². The highest BCUT2D eigenvalue weighted by atomic mass is 14.3. The van der Waals surface area contributed by atoms with Gasteiger partial charge in [-0.05, 0) is 131 Å². The van der Waals surface area contributed by atoms with Crippen molar-refractivity contribution in [2.75, 3.05) is 0 Å². The molecule has 0 fully saturated rings. The quantitative estimate of drug-likeness (QED) is 0.163. The Morgan fingerprint density at radius 3 is 1.13 bits per heavy atom. The van der Waals surface area contributed by atoms with E-state index in [1.807, 2.05) is 0 Å². The van der Waals surface area contributed by atoms with Crippen LogP contribution in [0.4, 0.5) is 0 Å². The predicted octanol–water partition coefficient (Wildman–Crippen LogP) is 15.1. The first-order chi connectivity index (χ1) is 26.6. The summed E-state index contributed by atoms with van der Waals surface area (Å²) >= 11 is 0. The van der Waals surface area contributed by atoms with E-state index in [-0.39, 0.29) is 0 Å². The van der Waals surface area contributed by atoms with Gasteiger partial charge in [0.25, 0.3) is 0 Å². The molecule has 1 aliphatic carbocycles. The minimum absolute atomic E-state index is 1.23. The van der Waals surface area contributed by atoms with Crippen LogP contribution in [0.1, 0.15) is 11.1 Å². The van der Waals surface area contributed by atoms with E-state index >= 15 is 0 Å². The smallest absolute Gasteiger partial charge is 0.00201 e. The minimum Gasteiger partial charge on any atom is -0.0622 e. The summed E-state index contributed by atoms with van der Waals surface area (Å²) in [6, 6.07) is 71.6. The first-order valence-electron chi connectivity index (χ1n) is 18.8. The van der Waals surface area contributed by atoms with Crippen molar-refractivity contribution in [3.8, 4) is 89.0 Å². The fourth-order valence-electron chi connectivity index (χ4n) is 8.79. The SMILES string of the molecule is Cc1cc(-c2ccccc2)c(-c2ccc3c(c2)-c2cccc4c(-c5c(-c6ccccc6)cc(C)cc5-c5ccccc5)ccc-3c24)c(-c2ccccc2)c1. The average Bonchev–Trinajstić information content (AvgIpc) is 3.55. The lowest BCUT2D eigenvalue weighted by atomic mass is 9.83. The van der Waals surface area contributed by atoms with Gasteiger partial charge in [0, 0.05) is 0 Å². The molecule has 0 nitrogen and oxygen atoms in total. The van der Waals surface area contributed by atoms with Gasteiger partial charge >= 0.3 is 0 Å². The maximum atomic E-state index is 2.45. The second-order valence-corrected chi connectivity index (χ2v) is 14.6. The predicted molar refractivity (Wildman–Crippen MR) is 230 cm³/mol. The Bertz CT molecular complexity index is 2730. The Balaban J connectivity index is 1.21. The second-order valence-electron chi connectivity index (χ2n) is 14.6. The molecule has 0 aromatic heterocycles. The lowest BCUT2D eigenvalue weighted by Crippen LogP contribution is -1.94. The molecule has 0 unspecified atom stereocenters. The molecule has 0 aliphatic heterocycles. The summed E-state index contributed by atoms with van der Waals surface area (Å²) in [6.45, 7) is 4.42. The molecule has 0 atom stereocenters. The molecule has 0 N–H and O–H groups in total. The number of benzene rings is 9. The van der Waals surface area contributed by atoms with Crippen molar-refractivity contribution in [3.05, 3.63) is 205 Å². The van der Waals surface area contributed by atoms with E-state index in [0.717, 1.165) is 0 Å². The highest BCUT2D eigenvalue weighted by molar-refractivity contribution is 6.20. The highest BCUT2D eigenvalue weighted by Crippen LogP contribution is 2.53. The molecule has 9 aromatic rings. The largest absolute Gasteiger partial charge is 0.0622 e. The fourth-order valence-corrected chi connectivity index (χ4v) is 8.79. The van der Waals surface area contributed by atoms with Gasteiger partial charge in [-0.1, -0.05) is 188 Å². The summed E-state index contributed by atoms with van der Waals surface area (Å²) in [6.07, 6.45) is 0. The fraction of sp³-hybridized carbons (Fsp3) is 0.0370. The third-order valence-corrected chi connectivity index (χ3v) is 11.1. The molecule has 9 aromatic carbocycles. The lowest BCUT2D eigenvalue weighted by molar-refractivity contribution is 1.45. The van der Waals surface area contributed by atoms with Crippen LogP contribution in [0.15, 0.2) is 194 Å². The Morgan fingerprint density at radius 1 is 0.241 bits per heavy atom. The molecule has 0 bridgehead atoms. The normalized spacial score (nSPS) is 11.5. The summed E-state index contributed by atoms with van der Waals surface area (Å²) in [5.74, 6) is 0. The van der Waals surface area contributed by atoms with Crippen molar-refractivity contribution in [3.63, 3.8) is 0 Å². The summed E-state index contributed by atoms with van der Waals surface area (Å²) < 4.78 is 0. The highest BCUT2D eigenvalue weighted by Gasteiger charge is 2.26. The third-order valence-electron chi connectivity index (χ3n) is 11.1. The van der Waals surface area contributed by atoms with E-state index in [9.17, 15) is 0 Å². The molecule has 0 heteroatoms. The molecule has 0 heterocycles. The van der Waals surface area contributed by atoms with Crippen molar-refractivity contribution in [1.82, 2.24) is 0 Å². The van der Waals surface area contributed by atoms with Crippen LogP contribution < -0.4 is 0 Å². The number of hydrogen-bond acceptors (Lipinski definition) is 0. The van der Waals surface area contributed by atoms with Crippen molar-refractivity contribution < 1.29 is 0 Å². The van der Waals surface area contributed by atoms with Gasteiger partial charge < -0.3 is 0 Å². The molecule has 0 amide bonds. The zero-order valence-corrected chi connectivity index (χ0v) is 30.5. The molecule has 0 spiro atoms. The lowest BCUT2D eigenvalue weighted by Gasteiger charge is -2.20. The Labute approximate surface area is 317 Å². The summed E-state index contributed by atoms with van der Waals surface area (Å²) in [5.41, 5.74) is 22.7. The van der Waals surface area contributed by atoms with E-state index in [1.165, 1.54) is 111 Å². The standard InChI is InChI=1S/C54H38/c1-35-30-47(37-16-7-3-8-17-37)52(48(31-35)38-18-9-4-10-19-38)41-26-27-42-45-28-29-46(43-24-15-25-44(53(43)45)51(42)34-41)54-49(39-20-11-5-12-21-39)32-36(2)33-50(54)40-22-13-6-14-23-40/h3-34H,1-2H3. The van der Waals surface area contributed by atoms with Gasteiger partial charge in [-0.2, -0.15) is 0 Å². The molecule has 1 aliphatic rings. The Kier molecular flexibility index (Phi) is 7.70. The number of rotatable bonds is 6. The van der Waals surface area contributed by atoms with E-state index in [0.29, 0.717) is 0 Å². The van der Waals surface area contributed by atoms with Gasteiger partial charge in [-0.3, -0.25) is 0 Å². The van der Waals surface area contributed by atoms with Gasteiger partial charge in [0.15, 0.2) is 0 Å². The molecule has 0 radical (unpaired) electrons. The van der Waals surface area contributed by atoms with Crippen LogP contribution in [0, 0.1) is 13.8 Å². The zero-order chi connectivity index (χ0) is 36.2. The van der Waals surface area contributed by atoms with Crippen molar-refractivity contribution in [1.29, 1.82) is 0 Å². The van der Waals surface area contributed by atoms with Gasteiger partial charge in [0.2, 0.25) is 0 Å². The Morgan fingerprint density at radius 2 is 0.648 bits per heavy atom. The first kappa shape index (κ1) is 31.9. The van der Waals surface area contributed by atoms with Gasteiger partial charge in [-0.15, -0.1) is 0 Å². The van der Waals surface area contributed by atoms with E-state index in [1.54, 1.807) is 0 Å². The van der Waals surface area contributed by atoms with Crippen LogP contribution in [-0.2, 0) is 0 Å². The third kappa shape index (κ3) is 5.30. The van der Waals surface area contributed by atoms with Gasteiger partial charge in [0.1, 0.15) is 0 Å². The van der Waals surface area contributed by atoms with E-state index in [2.05, 4.69) is 208 Å². The van der Waals surface area contributed by atoms with Crippen LogP contribution in [0.5, 0.6) is 0 Å².